The number of rotatable bonds is 3. The van der Waals surface area contributed by atoms with Gasteiger partial charge in [0.25, 0.3) is 0 Å². The third-order valence-electron chi connectivity index (χ3n) is 2.27. The smallest absolute Gasteiger partial charge is 0.309 e. The van der Waals surface area contributed by atoms with Crippen LogP contribution in [-0.4, -0.2) is 19.2 Å². The Hall–Kier alpha value is -0.570. The first-order valence-electron chi connectivity index (χ1n) is 4.59. The van der Waals surface area contributed by atoms with Gasteiger partial charge in [-0.2, -0.15) is 0 Å². The summed E-state index contributed by atoms with van der Waals surface area (Å²) in [7, 11) is 0. The van der Waals surface area contributed by atoms with Gasteiger partial charge in [0.1, 0.15) is 13.2 Å². The van der Waals surface area contributed by atoms with E-state index in [1.807, 2.05) is 0 Å². The van der Waals surface area contributed by atoms with Crippen molar-refractivity contribution in [3.05, 3.63) is 0 Å². The summed E-state index contributed by atoms with van der Waals surface area (Å²) in [6, 6.07) is 0. The second kappa shape index (κ2) is 5.14. The Balaban J connectivity index is 2.20. The lowest BCUT2D eigenvalue weighted by atomic mass is 9.89. The van der Waals surface area contributed by atoms with Crippen molar-refractivity contribution in [1.29, 1.82) is 0 Å². The van der Waals surface area contributed by atoms with E-state index < -0.39 is 0 Å². The standard InChI is InChI=1S/C9H15O3/c10-6-7-12-9(11)8-4-2-1-3-5-8/h8H,1-7H2. The van der Waals surface area contributed by atoms with E-state index in [1.165, 1.54) is 6.42 Å². The molecule has 12 heavy (non-hydrogen) atoms. The fraction of sp³-hybridized carbons (Fsp3) is 0.889. The molecule has 0 aromatic carbocycles. The first kappa shape index (κ1) is 9.52. The zero-order valence-electron chi connectivity index (χ0n) is 7.25. The van der Waals surface area contributed by atoms with Crippen molar-refractivity contribution in [3.8, 4) is 0 Å². The molecule has 0 heterocycles. The van der Waals surface area contributed by atoms with Crippen LogP contribution in [0.5, 0.6) is 0 Å². The van der Waals surface area contributed by atoms with Crippen molar-refractivity contribution in [3.63, 3.8) is 0 Å². The lowest BCUT2D eigenvalue weighted by molar-refractivity contribution is -0.151. The zero-order chi connectivity index (χ0) is 8.81. The maximum Gasteiger partial charge on any atom is 0.309 e. The topological polar surface area (TPSA) is 46.2 Å². The van der Waals surface area contributed by atoms with Crippen LogP contribution in [0.25, 0.3) is 0 Å². The molecular weight excluding hydrogens is 156 g/mol. The average Bonchev–Trinajstić information content (AvgIpc) is 2.15. The van der Waals surface area contributed by atoms with Gasteiger partial charge in [-0.25, -0.2) is 5.11 Å². The van der Waals surface area contributed by atoms with Gasteiger partial charge in [-0.3, -0.25) is 4.79 Å². The summed E-state index contributed by atoms with van der Waals surface area (Å²) in [5.74, 6) is -0.0872. The molecule has 1 radical (unpaired) electrons. The van der Waals surface area contributed by atoms with E-state index in [4.69, 9.17) is 4.74 Å². The first-order chi connectivity index (χ1) is 5.84. The molecule has 0 N–H and O–H groups in total. The summed E-state index contributed by atoms with van der Waals surface area (Å²) < 4.78 is 4.78. The SMILES string of the molecule is [O]CCOC(=O)C1CCCCC1. The lowest BCUT2D eigenvalue weighted by Gasteiger charge is -2.19. The minimum absolute atomic E-state index is 0.0370. The second-order valence-corrected chi connectivity index (χ2v) is 3.21. The van der Waals surface area contributed by atoms with Gasteiger partial charge >= 0.3 is 5.97 Å². The normalized spacial score (nSPS) is 19.1. The summed E-state index contributed by atoms with van der Waals surface area (Å²) in [5, 5.41) is 10.0. The highest BCUT2D eigenvalue weighted by atomic mass is 16.5. The fourth-order valence-corrected chi connectivity index (χ4v) is 1.60. The molecule has 3 heteroatoms. The second-order valence-electron chi connectivity index (χ2n) is 3.21. The van der Waals surface area contributed by atoms with E-state index in [-0.39, 0.29) is 25.1 Å². The highest BCUT2D eigenvalue weighted by Crippen LogP contribution is 2.24. The quantitative estimate of drug-likeness (QED) is 0.604. The van der Waals surface area contributed by atoms with E-state index in [9.17, 15) is 9.90 Å². The minimum Gasteiger partial charge on any atom is -0.463 e. The number of carbonyl (C=O) groups excluding carboxylic acids is 1. The predicted octanol–water partition coefficient (Wildman–Crippen LogP) is 1.54. The monoisotopic (exact) mass is 171 g/mol. The van der Waals surface area contributed by atoms with Gasteiger partial charge in [-0.05, 0) is 12.8 Å². The van der Waals surface area contributed by atoms with Gasteiger partial charge < -0.3 is 4.74 Å². The van der Waals surface area contributed by atoms with Crippen molar-refractivity contribution < 1.29 is 14.6 Å². The van der Waals surface area contributed by atoms with Crippen molar-refractivity contribution in [1.82, 2.24) is 0 Å². The van der Waals surface area contributed by atoms with Crippen molar-refractivity contribution in [2.45, 2.75) is 32.1 Å². The van der Waals surface area contributed by atoms with Crippen LogP contribution in [0, 0.1) is 5.92 Å². The van der Waals surface area contributed by atoms with Gasteiger partial charge in [0, 0.05) is 0 Å². The molecule has 3 nitrogen and oxygen atoms in total. The van der Waals surface area contributed by atoms with Crippen LogP contribution >= 0.6 is 0 Å². The van der Waals surface area contributed by atoms with Crippen LogP contribution < -0.4 is 0 Å². The van der Waals surface area contributed by atoms with Gasteiger partial charge in [0.05, 0.1) is 5.92 Å². The molecule has 1 aliphatic carbocycles. The first-order valence-corrected chi connectivity index (χ1v) is 4.59. The molecule has 1 fully saturated rings. The lowest BCUT2D eigenvalue weighted by Crippen LogP contribution is -2.21. The Kier molecular flexibility index (Phi) is 4.08. The van der Waals surface area contributed by atoms with E-state index in [1.54, 1.807) is 0 Å². The molecule has 0 saturated heterocycles. The Morgan fingerprint density at radius 3 is 2.50 bits per heavy atom. The van der Waals surface area contributed by atoms with Crippen LogP contribution in [-0.2, 0) is 14.6 Å². The summed E-state index contributed by atoms with van der Waals surface area (Å²) in [4.78, 5) is 11.2. The van der Waals surface area contributed by atoms with Crippen molar-refractivity contribution in [2.75, 3.05) is 13.2 Å². The molecule has 1 aliphatic rings. The van der Waals surface area contributed by atoms with Crippen LogP contribution in [0.4, 0.5) is 0 Å². The Bertz CT molecular complexity index is 139. The summed E-state index contributed by atoms with van der Waals surface area (Å²) >= 11 is 0. The van der Waals surface area contributed by atoms with Crippen molar-refractivity contribution >= 4 is 5.97 Å². The molecule has 0 aromatic heterocycles. The summed E-state index contributed by atoms with van der Waals surface area (Å²) in [5.41, 5.74) is 0. The Morgan fingerprint density at radius 2 is 1.92 bits per heavy atom. The van der Waals surface area contributed by atoms with Crippen LogP contribution in [0.15, 0.2) is 0 Å². The van der Waals surface area contributed by atoms with E-state index >= 15 is 0 Å². The van der Waals surface area contributed by atoms with Gasteiger partial charge in [0.15, 0.2) is 0 Å². The highest BCUT2D eigenvalue weighted by Gasteiger charge is 2.21. The maximum absolute atomic E-state index is 11.2. The molecule has 0 aliphatic heterocycles. The van der Waals surface area contributed by atoms with Crippen molar-refractivity contribution in [2.24, 2.45) is 5.92 Å². The number of esters is 1. The molecule has 0 unspecified atom stereocenters. The predicted molar refractivity (Wildman–Crippen MR) is 43.1 cm³/mol. The number of ether oxygens (including phenoxy) is 1. The molecule has 0 aromatic rings. The number of hydrogen-bond donors (Lipinski definition) is 0. The van der Waals surface area contributed by atoms with Gasteiger partial charge in [0.2, 0.25) is 0 Å². The molecule has 1 rings (SSSR count). The number of carbonyl (C=O) groups is 1. The molecule has 1 saturated carbocycles. The van der Waals surface area contributed by atoms with Crippen LogP contribution in [0.2, 0.25) is 0 Å². The zero-order valence-corrected chi connectivity index (χ0v) is 7.25. The Labute approximate surface area is 72.7 Å². The molecule has 0 bridgehead atoms. The molecular formula is C9H15O3. The fourth-order valence-electron chi connectivity index (χ4n) is 1.60. The van der Waals surface area contributed by atoms with E-state index in [0.29, 0.717) is 0 Å². The summed E-state index contributed by atoms with van der Waals surface area (Å²) in [6.45, 7) is -0.284. The molecule has 69 valence electrons. The minimum atomic E-state index is -0.321. The average molecular weight is 171 g/mol. The number of hydrogen-bond acceptors (Lipinski definition) is 2. The summed E-state index contributed by atoms with van der Waals surface area (Å²) in [6.07, 6.45) is 5.36. The van der Waals surface area contributed by atoms with Crippen LogP contribution in [0.3, 0.4) is 0 Å². The molecule has 0 spiro atoms. The van der Waals surface area contributed by atoms with Gasteiger partial charge in [-0.15, -0.1) is 0 Å². The highest BCUT2D eigenvalue weighted by molar-refractivity contribution is 5.72. The van der Waals surface area contributed by atoms with Gasteiger partial charge in [-0.1, -0.05) is 19.3 Å². The Morgan fingerprint density at radius 1 is 1.25 bits per heavy atom. The van der Waals surface area contributed by atoms with E-state index in [2.05, 4.69) is 0 Å². The largest absolute Gasteiger partial charge is 0.463 e. The third kappa shape index (κ3) is 2.81. The van der Waals surface area contributed by atoms with Crippen LogP contribution in [0.1, 0.15) is 32.1 Å². The molecule has 0 amide bonds. The third-order valence-corrected chi connectivity index (χ3v) is 2.27. The maximum atomic E-state index is 11.2. The molecule has 0 atom stereocenters. The van der Waals surface area contributed by atoms with E-state index in [0.717, 1.165) is 25.7 Å².